The molecule has 0 bridgehead atoms. The van der Waals surface area contributed by atoms with Crippen LogP contribution in [-0.2, 0) is 9.53 Å². The Labute approximate surface area is 159 Å². The minimum atomic E-state index is -0.573. The molecule has 142 valence electrons. The van der Waals surface area contributed by atoms with Gasteiger partial charge in [-0.3, -0.25) is 4.79 Å². The largest absolute Gasteiger partial charge is 0.476 e. The van der Waals surface area contributed by atoms with Crippen LogP contribution in [-0.4, -0.2) is 87.0 Å². The Morgan fingerprint density at radius 3 is 2.77 bits per heavy atom. The van der Waals surface area contributed by atoms with Crippen molar-refractivity contribution < 1.29 is 14.3 Å². The quantitative estimate of drug-likeness (QED) is 0.768. The molecule has 1 amide bonds. The molecule has 0 aromatic heterocycles. The van der Waals surface area contributed by atoms with E-state index < -0.39 is 6.10 Å². The number of para-hydroxylation sites is 2. The molecule has 1 saturated heterocycles. The summed E-state index contributed by atoms with van der Waals surface area (Å²) >= 11 is 5.59. The first kappa shape index (κ1) is 18.9. The van der Waals surface area contributed by atoms with Crippen molar-refractivity contribution in [2.45, 2.75) is 6.10 Å². The Morgan fingerprint density at radius 1 is 1.31 bits per heavy atom. The maximum atomic E-state index is 12.9. The van der Waals surface area contributed by atoms with E-state index in [0.717, 1.165) is 18.8 Å². The van der Waals surface area contributed by atoms with E-state index in [9.17, 15) is 4.79 Å². The van der Waals surface area contributed by atoms with Gasteiger partial charge < -0.3 is 29.5 Å². The summed E-state index contributed by atoms with van der Waals surface area (Å²) in [7, 11) is 4.04. The number of amides is 1. The zero-order valence-corrected chi connectivity index (χ0v) is 16.1. The number of nitrogens with one attached hydrogen (secondary N) is 1. The molecule has 1 aromatic carbocycles. The summed E-state index contributed by atoms with van der Waals surface area (Å²) in [5.41, 5.74) is 0.890. The summed E-state index contributed by atoms with van der Waals surface area (Å²) in [6.45, 7) is 4.38. The third-order valence-electron chi connectivity index (χ3n) is 4.45. The Kier molecular flexibility index (Phi) is 6.29. The Bertz CT molecular complexity index is 649. The lowest BCUT2D eigenvalue weighted by atomic mass is 10.1. The zero-order chi connectivity index (χ0) is 18.5. The van der Waals surface area contributed by atoms with Crippen molar-refractivity contribution in [3.63, 3.8) is 0 Å². The molecule has 1 aromatic rings. The Morgan fingerprint density at radius 2 is 2.04 bits per heavy atom. The van der Waals surface area contributed by atoms with Crippen molar-refractivity contribution in [3.05, 3.63) is 24.3 Å². The number of benzene rings is 1. The first-order valence-electron chi connectivity index (χ1n) is 8.88. The first-order valence-corrected chi connectivity index (χ1v) is 9.29. The van der Waals surface area contributed by atoms with Crippen LogP contribution in [0.3, 0.4) is 0 Å². The molecule has 2 aliphatic rings. The molecule has 26 heavy (non-hydrogen) atoms. The summed E-state index contributed by atoms with van der Waals surface area (Å²) in [6.07, 6.45) is -0.573. The molecule has 0 radical (unpaired) electrons. The van der Waals surface area contributed by atoms with Crippen LogP contribution in [0.15, 0.2) is 24.3 Å². The van der Waals surface area contributed by atoms with Gasteiger partial charge in [-0.25, -0.2) is 0 Å². The monoisotopic (exact) mass is 378 g/mol. The van der Waals surface area contributed by atoms with E-state index in [4.69, 9.17) is 21.7 Å². The number of morpholine rings is 1. The van der Waals surface area contributed by atoms with Gasteiger partial charge in [0.05, 0.1) is 25.4 Å². The van der Waals surface area contributed by atoms with E-state index in [1.54, 1.807) is 0 Å². The van der Waals surface area contributed by atoms with Crippen molar-refractivity contribution in [2.75, 3.05) is 64.9 Å². The van der Waals surface area contributed by atoms with E-state index in [1.807, 2.05) is 48.2 Å². The molecule has 1 fully saturated rings. The number of thiocarbonyl (C=S) groups is 1. The predicted octanol–water partition coefficient (Wildman–Crippen LogP) is 0.549. The van der Waals surface area contributed by atoms with Gasteiger partial charge in [0.1, 0.15) is 5.75 Å². The summed E-state index contributed by atoms with van der Waals surface area (Å²) in [4.78, 5) is 18.7. The summed E-state index contributed by atoms with van der Waals surface area (Å²) in [5, 5.41) is 3.89. The normalized spacial score (nSPS) is 19.7. The molecule has 8 heteroatoms. The molecular weight excluding hydrogens is 352 g/mol. The Hall–Kier alpha value is -1.90. The number of hydrogen-bond acceptors (Lipinski definition) is 5. The van der Waals surface area contributed by atoms with Crippen molar-refractivity contribution in [1.29, 1.82) is 0 Å². The molecule has 0 spiro atoms. The number of carbonyl (C=O) groups is 1. The number of nitrogens with zero attached hydrogens (tertiary/aromatic N) is 3. The molecule has 0 aliphatic carbocycles. The number of ether oxygens (including phenoxy) is 2. The number of hydrogen-bond donors (Lipinski definition) is 1. The van der Waals surface area contributed by atoms with E-state index in [0.29, 0.717) is 43.7 Å². The summed E-state index contributed by atoms with van der Waals surface area (Å²) in [5.74, 6) is 0.672. The minimum absolute atomic E-state index is 0.0103. The van der Waals surface area contributed by atoms with Gasteiger partial charge in [0.2, 0.25) is 0 Å². The van der Waals surface area contributed by atoms with Crippen molar-refractivity contribution in [1.82, 2.24) is 15.1 Å². The van der Waals surface area contributed by atoms with Crippen LogP contribution in [0.1, 0.15) is 0 Å². The number of anilines is 1. The smallest absolute Gasteiger partial charge is 0.265 e. The van der Waals surface area contributed by atoms with Gasteiger partial charge in [0.15, 0.2) is 11.2 Å². The molecular formula is C18H26N4O3S. The molecule has 1 N–H and O–H groups in total. The SMILES string of the molecule is CN(C)CCNC(=S)N1C[C@@H](C(=O)N2CCOCC2)Oc2ccccc21. The van der Waals surface area contributed by atoms with E-state index in [-0.39, 0.29) is 5.91 Å². The molecule has 0 saturated carbocycles. The van der Waals surface area contributed by atoms with Crippen LogP contribution >= 0.6 is 12.2 Å². The average Bonchev–Trinajstić information content (AvgIpc) is 2.66. The van der Waals surface area contributed by atoms with Gasteiger partial charge in [-0.15, -0.1) is 0 Å². The molecule has 7 nitrogen and oxygen atoms in total. The lowest BCUT2D eigenvalue weighted by Gasteiger charge is -2.38. The van der Waals surface area contributed by atoms with Crippen molar-refractivity contribution in [2.24, 2.45) is 0 Å². The van der Waals surface area contributed by atoms with Crippen LogP contribution in [0.2, 0.25) is 0 Å². The number of rotatable bonds is 4. The van der Waals surface area contributed by atoms with Crippen LogP contribution in [0.4, 0.5) is 5.69 Å². The third kappa shape index (κ3) is 4.44. The molecule has 2 aliphatic heterocycles. The maximum absolute atomic E-state index is 12.9. The van der Waals surface area contributed by atoms with Gasteiger partial charge in [-0.1, -0.05) is 12.1 Å². The van der Waals surface area contributed by atoms with Crippen molar-refractivity contribution >= 4 is 28.9 Å². The van der Waals surface area contributed by atoms with Crippen LogP contribution in [0, 0.1) is 0 Å². The summed E-state index contributed by atoms with van der Waals surface area (Å²) < 4.78 is 11.3. The number of carbonyl (C=O) groups excluding carboxylic acids is 1. The molecule has 2 heterocycles. The highest BCUT2D eigenvalue weighted by Crippen LogP contribution is 2.33. The maximum Gasteiger partial charge on any atom is 0.265 e. The third-order valence-corrected chi connectivity index (χ3v) is 4.82. The summed E-state index contributed by atoms with van der Waals surface area (Å²) in [6, 6.07) is 7.69. The lowest BCUT2D eigenvalue weighted by molar-refractivity contribution is -0.142. The van der Waals surface area contributed by atoms with Crippen LogP contribution in [0.25, 0.3) is 0 Å². The zero-order valence-electron chi connectivity index (χ0n) is 15.3. The average molecular weight is 378 g/mol. The lowest BCUT2D eigenvalue weighted by Crippen LogP contribution is -2.55. The van der Waals surface area contributed by atoms with Gasteiger partial charge in [-0.2, -0.15) is 0 Å². The van der Waals surface area contributed by atoms with Gasteiger partial charge >= 0.3 is 0 Å². The van der Waals surface area contributed by atoms with E-state index in [2.05, 4.69) is 10.2 Å². The van der Waals surface area contributed by atoms with Gasteiger partial charge in [0.25, 0.3) is 5.91 Å². The van der Waals surface area contributed by atoms with Crippen molar-refractivity contribution in [3.8, 4) is 5.75 Å². The standard InChI is InChI=1S/C18H26N4O3S/c1-20(2)8-7-19-18(26)22-13-16(17(23)21-9-11-24-12-10-21)25-15-6-4-3-5-14(15)22/h3-6,16H,7-13H2,1-2H3,(H,19,26)/t16-/m0/s1. The highest BCUT2D eigenvalue weighted by molar-refractivity contribution is 7.80. The molecule has 0 unspecified atom stereocenters. The second-order valence-corrected chi connectivity index (χ2v) is 7.04. The molecule has 1 atom stereocenters. The van der Waals surface area contributed by atoms with E-state index >= 15 is 0 Å². The highest BCUT2D eigenvalue weighted by Gasteiger charge is 2.35. The fraction of sp³-hybridized carbons (Fsp3) is 0.556. The topological polar surface area (TPSA) is 57.3 Å². The Balaban J connectivity index is 1.73. The van der Waals surface area contributed by atoms with Crippen LogP contribution in [0.5, 0.6) is 5.75 Å². The van der Waals surface area contributed by atoms with Gasteiger partial charge in [0, 0.05) is 26.2 Å². The van der Waals surface area contributed by atoms with Gasteiger partial charge in [-0.05, 0) is 38.4 Å². The first-order chi connectivity index (χ1) is 12.6. The second kappa shape index (κ2) is 8.66. The minimum Gasteiger partial charge on any atom is -0.476 e. The number of fused-ring (bicyclic) bond motifs is 1. The highest BCUT2D eigenvalue weighted by atomic mass is 32.1. The molecule has 3 rings (SSSR count). The number of likely N-dealkylation sites (N-methyl/N-ethyl adjacent to an activating group) is 1. The van der Waals surface area contributed by atoms with Crippen LogP contribution < -0.4 is 15.0 Å². The fourth-order valence-electron chi connectivity index (χ4n) is 3.02. The second-order valence-electron chi connectivity index (χ2n) is 6.66. The fourth-order valence-corrected chi connectivity index (χ4v) is 3.30. The predicted molar refractivity (Wildman–Crippen MR) is 105 cm³/mol. The van der Waals surface area contributed by atoms with E-state index in [1.165, 1.54) is 0 Å².